The van der Waals surface area contributed by atoms with E-state index in [0.717, 1.165) is 46.4 Å². The molecule has 0 spiro atoms. The van der Waals surface area contributed by atoms with Gasteiger partial charge in [-0.05, 0) is 37.1 Å². The first kappa shape index (κ1) is 21.5. The lowest BCUT2D eigenvalue weighted by Crippen LogP contribution is -2.29. The summed E-state index contributed by atoms with van der Waals surface area (Å²) in [6.07, 6.45) is 7.85. The van der Waals surface area contributed by atoms with Gasteiger partial charge in [0, 0.05) is 53.5 Å². The van der Waals surface area contributed by atoms with Crippen LogP contribution in [0.15, 0.2) is 54.7 Å². The largest absolute Gasteiger partial charge is 0.497 e. The van der Waals surface area contributed by atoms with Gasteiger partial charge in [-0.25, -0.2) is 0 Å². The first-order valence-electron chi connectivity index (χ1n) is 10.8. The summed E-state index contributed by atoms with van der Waals surface area (Å²) in [7, 11) is 3.27. The van der Waals surface area contributed by atoms with Crippen molar-refractivity contribution in [3.8, 4) is 17.6 Å². The Labute approximate surface area is 188 Å². The van der Waals surface area contributed by atoms with Crippen LogP contribution in [0.2, 0.25) is 0 Å². The number of para-hydroxylation sites is 1. The van der Waals surface area contributed by atoms with Crippen molar-refractivity contribution in [2.45, 2.75) is 31.8 Å². The molecule has 2 aromatic carbocycles. The highest BCUT2D eigenvalue weighted by Crippen LogP contribution is 2.39. The van der Waals surface area contributed by atoms with E-state index in [0.29, 0.717) is 19.5 Å². The second kappa shape index (κ2) is 9.61. The van der Waals surface area contributed by atoms with Gasteiger partial charge in [0.25, 0.3) is 0 Å². The number of ether oxygens (including phenoxy) is 2. The summed E-state index contributed by atoms with van der Waals surface area (Å²) in [5.41, 5.74) is 3.04. The molecule has 1 atom stereocenters. The average Bonchev–Trinajstić information content (AvgIpc) is 3.46. The van der Waals surface area contributed by atoms with Gasteiger partial charge in [-0.3, -0.25) is 4.79 Å². The smallest absolute Gasteiger partial charge is 0.247 e. The maximum atomic E-state index is 13.2. The SMILES string of the molecule is COc1ccc(C2CCCN2C(=O)/C=C/c2cn(CCC#N)c3ccccc23)c(OC)c1. The predicted octanol–water partition coefficient (Wildman–Crippen LogP) is 4.95. The number of amides is 1. The van der Waals surface area contributed by atoms with Crippen molar-refractivity contribution < 1.29 is 14.3 Å². The summed E-state index contributed by atoms with van der Waals surface area (Å²) in [6, 6.07) is 16.0. The second-order valence-corrected chi connectivity index (χ2v) is 7.83. The molecule has 1 unspecified atom stereocenters. The summed E-state index contributed by atoms with van der Waals surface area (Å²) in [6.45, 7) is 1.34. The number of aryl methyl sites for hydroxylation is 1. The van der Waals surface area contributed by atoms with Gasteiger partial charge in [-0.15, -0.1) is 0 Å². The van der Waals surface area contributed by atoms with Crippen molar-refractivity contribution in [1.82, 2.24) is 9.47 Å². The van der Waals surface area contributed by atoms with Gasteiger partial charge in [0.1, 0.15) is 11.5 Å². The highest BCUT2D eigenvalue weighted by Gasteiger charge is 2.31. The van der Waals surface area contributed by atoms with E-state index in [9.17, 15) is 4.79 Å². The van der Waals surface area contributed by atoms with Gasteiger partial charge in [-0.1, -0.05) is 18.2 Å². The number of nitriles is 1. The fraction of sp³-hybridized carbons (Fsp3) is 0.308. The standard InChI is InChI=1S/C26H27N3O3/c1-31-20-11-12-22(25(17-20)32-2)24-9-5-16-29(24)26(30)13-10-19-18-28(15-6-14-27)23-8-4-3-7-21(19)23/h3-4,7-8,10-13,17-18,24H,5-6,9,15-16H2,1-2H3/b13-10+. The zero-order valence-electron chi connectivity index (χ0n) is 18.5. The molecule has 0 N–H and O–H groups in total. The molecule has 0 aliphatic carbocycles. The molecule has 164 valence electrons. The summed E-state index contributed by atoms with van der Waals surface area (Å²) in [5.74, 6) is 1.45. The molecule has 1 saturated heterocycles. The summed E-state index contributed by atoms with van der Waals surface area (Å²) in [5, 5.41) is 10.0. The Morgan fingerprint density at radius 2 is 2.06 bits per heavy atom. The number of benzene rings is 2. The molecule has 4 rings (SSSR count). The average molecular weight is 430 g/mol. The van der Waals surface area contributed by atoms with Crippen LogP contribution in [0.5, 0.6) is 11.5 Å². The van der Waals surface area contributed by atoms with E-state index < -0.39 is 0 Å². The van der Waals surface area contributed by atoms with E-state index in [1.807, 2.05) is 59.6 Å². The highest BCUT2D eigenvalue weighted by molar-refractivity contribution is 5.96. The summed E-state index contributed by atoms with van der Waals surface area (Å²) in [4.78, 5) is 15.1. The first-order valence-corrected chi connectivity index (χ1v) is 10.8. The van der Waals surface area contributed by atoms with Gasteiger partial charge in [-0.2, -0.15) is 5.26 Å². The van der Waals surface area contributed by atoms with Crippen LogP contribution in [0.25, 0.3) is 17.0 Å². The monoisotopic (exact) mass is 429 g/mol. The minimum absolute atomic E-state index is 0.0146. The third-order valence-corrected chi connectivity index (χ3v) is 6.02. The van der Waals surface area contributed by atoms with Gasteiger partial charge in [0.15, 0.2) is 0 Å². The molecule has 32 heavy (non-hydrogen) atoms. The topological polar surface area (TPSA) is 67.5 Å². The van der Waals surface area contributed by atoms with Crippen LogP contribution in [-0.2, 0) is 11.3 Å². The van der Waals surface area contributed by atoms with Crippen LogP contribution in [0.1, 0.15) is 36.4 Å². The lowest BCUT2D eigenvalue weighted by Gasteiger charge is -2.25. The summed E-state index contributed by atoms with van der Waals surface area (Å²) < 4.78 is 13.0. The fourth-order valence-electron chi connectivity index (χ4n) is 4.47. The lowest BCUT2D eigenvalue weighted by molar-refractivity contribution is -0.126. The molecule has 1 aliphatic heterocycles. The van der Waals surface area contributed by atoms with Crippen LogP contribution in [0.4, 0.5) is 0 Å². The maximum absolute atomic E-state index is 13.2. The Bertz CT molecular complexity index is 1190. The van der Waals surface area contributed by atoms with Crippen LogP contribution < -0.4 is 9.47 Å². The fourth-order valence-corrected chi connectivity index (χ4v) is 4.47. The molecule has 0 radical (unpaired) electrons. The minimum Gasteiger partial charge on any atom is -0.497 e. The van der Waals surface area contributed by atoms with Gasteiger partial charge >= 0.3 is 0 Å². The molecule has 2 heterocycles. The number of aromatic nitrogens is 1. The molecule has 6 heteroatoms. The molecule has 1 fully saturated rings. The van der Waals surface area contributed by atoms with E-state index in [2.05, 4.69) is 10.6 Å². The van der Waals surface area contributed by atoms with E-state index in [1.54, 1.807) is 20.3 Å². The Morgan fingerprint density at radius 1 is 1.22 bits per heavy atom. The van der Waals surface area contributed by atoms with Crippen molar-refractivity contribution in [1.29, 1.82) is 5.26 Å². The van der Waals surface area contributed by atoms with Gasteiger partial charge in [0.2, 0.25) is 5.91 Å². The highest BCUT2D eigenvalue weighted by atomic mass is 16.5. The molecule has 1 aromatic heterocycles. The first-order chi connectivity index (χ1) is 15.7. The molecule has 1 amide bonds. The van der Waals surface area contributed by atoms with Crippen LogP contribution >= 0.6 is 0 Å². The normalized spacial score (nSPS) is 15.9. The van der Waals surface area contributed by atoms with Gasteiger partial charge in [0.05, 0.1) is 32.8 Å². The van der Waals surface area contributed by atoms with Crippen molar-refractivity contribution in [3.63, 3.8) is 0 Å². The zero-order chi connectivity index (χ0) is 22.5. The van der Waals surface area contributed by atoms with Crippen LogP contribution in [0, 0.1) is 11.3 Å². The quantitative estimate of drug-likeness (QED) is 0.499. The Balaban J connectivity index is 1.58. The molecular weight excluding hydrogens is 402 g/mol. The Kier molecular flexibility index (Phi) is 6.46. The number of likely N-dealkylation sites (tertiary alicyclic amines) is 1. The number of carbonyl (C=O) groups excluding carboxylic acids is 1. The van der Waals surface area contributed by atoms with Crippen molar-refractivity contribution in [2.75, 3.05) is 20.8 Å². The number of nitrogens with zero attached hydrogens (tertiary/aromatic N) is 3. The van der Waals surface area contributed by atoms with Gasteiger partial charge < -0.3 is 18.9 Å². The minimum atomic E-state index is -0.0232. The van der Waals surface area contributed by atoms with Crippen molar-refractivity contribution >= 4 is 22.9 Å². The number of rotatable bonds is 7. The lowest BCUT2D eigenvalue weighted by atomic mass is 10.0. The second-order valence-electron chi connectivity index (χ2n) is 7.83. The number of hydrogen-bond donors (Lipinski definition) is 0. The number of fused-ring (bicyclic) bond motifs is 1. The van der Waals surface area contributed by atoms with Crippen molar-refractivity contribution in [3.05, 3.63) is 65.9 Å². The number of methoxy groups -OCH3 is 2. The molecule has 0 saturated carbocycles. The van der Waals surface area contributed by atoms with E-state index in [4.69, 9.17) is 14.7 Å². The third kappa shape index (κ3) is 4.19. The van der Waals surface area contributed by atoms with Crippen molar-refractivity contribution in [2.24, 2.45) is 0 Å². The van der Waals surface area contributed by atoms with Crippen LogP contribution in [-0.4, -0.2) is 36.1 Å². The summed E-state index contributed by atoms with van der Waals surface area (Å²) >= 11 is 0. The number of carbonyl (C=O) groups is 1. The molecule has 6 nitrogen and oxygen atoms in total. The Hall–Kier alpha value is -3.72. The Morgan fingerprint density at radius 3 is 2.84 bits per heavy atom. The van der Waals surface area contributed by atoms with E-state index in [-0.39, 0.29) is 11.9 Å². The van der Waals surface area contributed by atoms with E-state index in [1.165, 1.54) is 0 Å². The molecule has 0 bridgehead atoms. The van der Waals surface area contributed by atoms with E-state index >= 15 is 0 Å². The molecule has 1 aliphatic rings. The zero-order valence-corrected chi connectivity index (χ0v) is 18.5. The maximum Gasteiger partial charge on any atom is 0.247 e. The third-order valence-electron chi connectivity index (χ3n) is 6.02. The molecular formula is C26H27N3O3. The van der Waals surface area contributed by atoms with Crippen LogP contribution in [0.3, 0.4) is 0 Å². The predicted molar refractivity (Wildman–Crippen MR) is 124 cm³/mol. The number of hydrogen-bond acceptors (Lipinski definition) is 4. The molecule has 3 aromatic rings.